The van der Waals surface area contributed by atoms with Crippen LogP contribution in [0.5, 0.6) is 0 Å². The second kappa shape index (κ2) is 6.89. The summed E-state index contributed by atoms with van der Waals surface area (Å²) in [5.41, 5.74) is 2.16. The fraction of sp³-hybridized carbons (Fsp3) is 0.0667. The Morgan fingerprint density at radius 2 is 1.76 bits per heavy atom. The second-order valence-corrected chi connectivity index (χ2v) is 5.72. The number of benzene rings is 2. The molecule has 0 fully saturated rings. The number of amides is 1. The number of nitrogens with one attached hydrogen (secondary N) is 2. The van der Waals surface area contributed by atoms with Gasteiger partial charge < -0.3 is 5.32 Å². The Hall–Kier alpha value is -1.62. The molecule has 21 heavy (non-hydrogen) atoms. The molecular weight excluding hydrogens is 327 g/mol. The molecule has 0 heterocycles. The normalized spacial score (nSPS) is 10.0. The maximum Gasteiger partial charge on any atom is 0.257 e. The molecule has 0 aromatic heterocycles. The molecule has 1 amide bonds. The number of halogens is 2. The molecule has 0 atom stereocenters. The van der Waals surface area contributed by atoms with Gasteiger partial charge in [-0.2, -0.15) is 0 Å². The molecule has 0 bridgehead atoms. The topological polar surface area (TPSA) is 41.1 Å². The maximum absolute atomic E-state index is 12.0. The van der Waals surface area contributed by atoms with Gasteiger partial charge >= 0.3 is 0 Å². The number of rotatable bonds is 2. The lowest BCUT2D eigenvalue weighted by atomic mass is 10.1. The van der Waals surface area contributed by atoms with Crippen molar-refractivity contribution in [3.8, 4) is 0 Å². The van der Waals surface area contributed by atoms with E-state index in [1.165, 1.54) is 0 Å². The van der Waals surface area contributed by atoms with Gasteiger partial charge in [-0.1, -0.05) is 40.9 Å². The molecule has 0 aliphatic carbocycles. The van der Waals surface area contributed by atoms with Crippen LogP contribution in [-0.4, -0.2) is 11.0 Å². The summed E-state index contributed by atoms with van der Waals surface area (Å²) in [5, 5.41) is 6.62. The van der Waals surface area contributed by atoms with Crippen LogP contribution in [0.4, 0.5) is 5.69 Å². The molecule has 2 aromatic rings. The van der Waals surface area contributed by atoms with Gasteiger partial charge in [-0.25, -0.2) is 0 Å². The van der Waals surface area contributed by atoms with Gasteiger partial charge in [-0.15, -0.1) is 0 Å². The zero-order valence-corrected chi connectivity index (χ0v) is 13.4. The van der Waals surface area contributed by atoms with Crippen molar-refractivity contribution in [1.82, 2.24) is 5.32 Å². The minimum absolute atomic E-state index is 0.180. The van der Waals surface area contributed by atoms with E-state index in [9.17, 15) is 4.79 Å². The molecule has 0 aliphatic heterocycles. The van der Waals surface area contributed by atoms with Crippen LogP contribution in [0.1, 0.15) is 15.9 Å². The Morgan fingerprint density at radius 1 is 1.10 bits per heavy atom. The van der Waals surface area contributed by atoms with Gasteiger partial charge in [0.25, 0.3) is 5.91 Å². The van der Waals surface area contributed by atoms with Crippen molar-refractivity contribution in [3.63, 3.8) is 0 Å². The Labute approximate surface area is 138 Å². The van der Waals surface area contributed by atoms with Crippen LogP contribution in [0, 0.1) is 6.92 Å². The van der Waals surface area contributed by atoms with E-state index in [1.807, 2.05) is 19.1 Å². The van der Waals surface area contributed by atoms with E-state index in [4.69, 9.17) is 35.4 Å². The zero-order valence-electron chi connectivity index (χ0n) is 11.1. The van der Waals surface area contributed by atoms with E-state index < -0.39 is 0 Å². The third-order valence-corrected chi connectivity index (χ3v) is 3.27. The van der Waals surface area contributed by atoms with Gasteiger partial charge in [-0.3, -0.25) is 10.1 Å². The Bertz CT molecular complexity index is 684. The molecule has 0 saturated carbocycles. The molecule has 0 spiro atoms. The number of carbonyl (C=O) groups excluding carboxylic acids is 1. The van der Waals surface area contributed by atoms with Crippen molar-refractivity contribution < 1.29 is 4.79 Å². The van der Waals surface area contributed by atoms with E-state index in [-0.39, 0.29) is 11.0 Å². The fourth-order valence-electron chi connectivity index (χ4n) is 1.75. The van der Waals surface area contributed by atoms with E-state index >= 15 is 0 Å². The van der Waals surface area contributed by atoms with Gasteiger partial charge in [0.2, 0.25) is 0 Å². The number of hydrogen-bond acceptors (Lipinski definition) is 2. The molecule has 3 nitrogen and oxygen atoms in total. The van der Waals surface area contributed by atoms with E-state index in [2.05, 4.69) is 10.6 Å². The lowest BCUT2D eigenvalue weighted by Gasteiger charge is -2.10. The summed E-state index contributed by atoms with van der Waals surface area (Å²) < 4.78 is 0. The zero-order chi connectivity index (χ0) is 15.4. The number of carbonyl (C=O) groups is 1. The smallest absolute Gasteiger partial charge is 0.257 e. The van der Waals surface area contributed by atoms with E-state index in [0.717, 1.165) is 5.56 Å². The first kappa shape index (κ1) is 15.8. The molecule has 2 rings (SSSR count). The SMILES string of the molecule is Cc1cccc(C(=O)NC(=S)Nc2cc(Cl)cc(Cl)c2)c1. The molecule has 6 heteroatoms. The largest absolute Gasteiger partial charge is 0.332 e. The minimum Gasteiger partial charge on any atom is -0.332 e. The summed E-state index contributed by atoms with van der Waals surface area (Å²) in [5.74, 6) is -0.274. The summed E-state index contributed by atoms with van der Waals surface area (Å²) in [7, 11) is 0. The monoisotopic (exact) mass is 338 g/mol. The van der Waals surface area contributed by atoms with Crippen molar-refractivity contribution in [3.05, 3.63) is 63.6 Å². The van der Waals surface area contributed by atoms with Crippen LogP contribution in [0.2, 0.25) is 10.0 Å². The number of thiocarbonyl (C=S) groups is 1. The van der Waals surface area contributed by atoms with Gasteiger partial charge in [0.15, 0.2) is 5.11 Å². The Kier molecular flexibility index (Phi) is 5.17. The van der Waals surface area contributed by atoms with Crippen LogP contribution >= 0.6 is 35.4 Å². The third kappa shape index (κ3) is 4.70. The Balaban J connectivity index is 2.03. The highest BCUT2D eigenvalue weighted by Gasteiger charge is 2.08. The standard InChI is InChI=1S/C15H12Cl2N2OS/c1-9-3-2-4-10(5-9)14(20)19-15(21)18-13-7-11(16)6-12(17)8-13/h2-8H,1H3,(H2,18,19,20,21). The highest BCUT2D eigenvalue weighted by molar-refractivity contribution is 7.80. The van der Waals surface area contributed by atoms with Crippen molar-refractivity contribution in [2.75, 3.05) is 5.32 Å². The first-order chi connectivity index (χ1) is 9.94. The first-order valence-corrected chi connectivity index (χ1v) is 7.25. The highest BCUT2D eigenvalue weighted by atomic mass is 35.5. The van der Waals surface area contributed by atoms with Gasteiger partial charge in [0, 0.05) is 21.3 Å². The summed E-state index contributed by atoms with van der Waals surface area (Å²) in [6, 6.07) is 12.2. The van der Waals surface area contributed by atoms with Crippen molar-refractivity contribution >= 4 is 52.1 Å². The summed E-state index contributed by atoms with van der Waals surface area (Å²) in [4.78, 5) is 12.0. The average Bonchev–Trinajstić information content (AvgIpc) is 2.37. The molecule has 108 valence electrons. The molecule has 0 unspecified atom stereocenters. The number of anilines is 1. The Morgan fingerprint density at radius 3 is 2.38 bits per heavy atom. The van der Waals surface area contributed by atoms with Crippen LogP contribution in [0.15, 0.2) is 42.5 Å². The molecule has 2 aromatic carbocycles. The van der Waals surface area contributed by atoms with Crippen molar-refractivity contribution in [2.45, 2.75) is 6.92 Å². The lowest BCUT2D eigenvalue weighted by molar-refractivity contribution is 0.0977. The highest BCUT2D eigenvalue weighted by Crippen LogP contribution is 2.22. The predicted molar refractivity (Wildman–Crippen MR) is 91.3 cm³/mol. The van der Waals surface area contributed by atoms with Crippen LogP contribution < -0.4 is 10.6 Å². The fourth-order valence-corrected chi connectivity index (χ4v) is 2.49. The molecule has 0 saturated heterocycles. The predicted octanol–water partition coefficient (Wildman–Crippen LogP) is 4.43. The molecule has 0 radical (unpaired) electrons. The number of hydrogen-bond donors (Lipinski definition) is 2. The first-order valence-electron chi connectivity index (χ1n) is 6.09. The quantitative estimate of drug-likeness (QED) is 0.796. The third-order valence-electron chi connectivity index (χ3n) is 2.63. The molecule has 2 N–H and O–H groups in total. The van der Waals surface area contributed by atoms with Gasteiger partial charge in [-0.05, 0) is 49.5 Å². The van der Waals surface area contributed by atoms with Crippen LogP contribution in [-0.2, 0) is 0 Å². The van der Waals surface area contributed by atoms with E-state index in [1.54, 1.807) is 30.3 Å². The lowest BCUT2D eigenvalue weighted by Crippen LogP contribution is -2.34. The summed E-state index contributed by atoms with van der Waals surface area (Å²) in [6.07, 6.45) is 0. The maximum atomic E-state index is 12.0. The second-order valence-electron chi connectivity index (χ2n) is 4.44. The summed E-state index contributed by atoms with van der Waals surface area (Å²) >= 11 is 16.9. The molecular formula is C15H12Cl2N2OS. The van der Waals surface area contributed by atoms with Crippen molar-refractivity contribution in [1.29, 1.82) is 0 Å². The average molecular weight is 339 g/mol. The minimum atomic E-state index is -0.274. The van der Waals surface area contributed by atoms with Crippen LogP contribution in [0.25, 0.3) is 0 Å². The molecule has 0 aliphatic rings. The van der Waals surface area contributed by atoms with Crippen molar-refractivity contribution in [2.24, 2.45) is 0 Å². The van der Waals surface area contributed by atoms with Gasteiger partial charge in [0.1, 0.15) is 0 Å². The van der Waals surface area contributed by atoms with Crippen LogP contribution in [0.3, 0.4) is 0 Å². The van der Waals surface area contributed by atoms with E-state index in [0.29, 0.717) is 21.3 Å². The number of aryl methyl sites for hydroxylation is 1. The van der Waals surface area contributed by atoms with Gasteiger partial charge in [0.05, 0.1) is 0 Å². The summed E-state index contributed by atoms with van der Waals surface area (Å²) in [6.45, 7) is 1.92.